The summed E-state index contributed by atoms with van der Waals surface area (Å²) in [6.07, 6.45) is 39.4. The lowest BCUT2D eigenvalue weighted by atomic mass is 10.1. The molecule has 0 aliphatic heterocycles. The van der Waals surface area contributed by atoms with Gasteiger partial charge in [-0.25, -0.2) is 4.79 Å². The van der Waals surface area contributed by atoms with E-state index in [1.807, 2.05) is 21.1 Å². The maximum Gasteiger partial charge on any atom is 0.361 e. The predicted molar refractivity (Wildman–Crippen MR) is 231 cm³/mol. The SMILES string of the molecule is CCCCCCC/C=C\CCCCCCCC(=O)OCC(COC(OCC[N+](C)(C)C)C(=O)O)OC(=O)CCCCCCCCC/C=C\CCCCCCCC. The molecule has 2 atom stereocenters. The molecule has 0 aliphatic rings. The summed E-state index contributed by atoms with van der Waals surface area (Å²) >= 11 is 0. The third-order valence-electron chi connectivity index (χ3n) is 9.93. The first kappa shape index (κ1) is 53.8. The van der Waals surface area contributed by atoms with Gasteiger partial charge in [-0.15, -0.1) is 0 Å². The van der Waals surface area contributed by atoms with Gasteiger partial charge in [0.2, 0.25) is 0 Å². The number of carboxylic acid groups (broad SMARTS) is 1. The number of aliphatic carboxylic acids is 1. The third kappa shape index (κ3) is 40.0. The number of allylic oxidation sites excluding steroid dienone is 4. The van der Waals surface area contributed by atoms with Crippen molar-refractivity contribution in [3.8, 4) is 0 Å². The summed E-state index contributed by atoms with van der Waals surface area (Å²) in [5, 5.41) is 9.63. The average molecular weight is 795 g/mol. The molecule has 328 valence electrons. The maximum absolute atomic E-state index is 12.8. The second kappa shape index (κ2) is 39.6. The molecule has 2 unspecified atom stereocenters. The van der Waals surface area contributed by atoms with Crippen LogP contribution in [0.2, 0.25) is 0 Å². The monoisotopic (exact) mass is 795 g/mol. The fraction of sp³-hybridized carbons (Fsp3) is 0.851. The lowest BCUT2D eigenvalue weighted by Crippen LogP contribution is -2.40. The number of ether oxygens (including phenoxy) is 4. The number of quaternary nitrogens is 1. The highest BCUT2D eigenvalue weighted by atomic mass is 16.7. The van der Waals surface area contributed by atoms with Crippen molar-refractivity contribution >= 4 is 17.9 Å². The predicted octanol–water partition coefficient (Wildman–Crippen LogP) is 12.1. The number of hydrogen-bond donors (Lipinski definition) is 1. The van der Waals surface area contributed by atoms with Crippen LogP contribution in [-0.2, 0) is 33.3 Å². The third-order valence-corrected chi connectivity index (χ3v) is 9.93. The first-order valence-corrected chi connectivity index (χ1v) is 23.0. The molecule has 0 spiro atoms. The van der Waals surface area contributed by atoms with Crippen molar-refractivity contribution < 1.29 is 42.9 Å². The lowest BCUT2D eigenvalue weighted by Gasteiger charge is -2.25. The van der Waals surface area contributed by atoms with Gasteiger partial charge >= 0.3 is 17.9 Å². The summed E-state index contributed by atoms with van der Waals surface area (Å²) in [6, 6.07) is 0. The van der Waals surface area contributed by atoms with E-state index in [1.165, 1.54) is 103 Å². The van der Waals surface area contributed by atoms with Crippen molar-refractivity contribution in [2.45, 2.75) is 212 Å². The Morgan fingerprint density at radius 3 is 1.32 bits per heavy atom. The van der Waals surface area contributed by atoms with E-state index in [9.17, 15) is 19.5 Å². The minimum absolute atomic E-state index is 0.186. The van der Waals surface area contributed by atoms with Gasteiger partial charge in [0.05, 0.1) is 34.4 Å². The summed E-state index contributed by atoms with van der Waals surface area (Å²) in [5.41, 5.74) is 0. The molecule has 0 aliphatic carbocycles. The minimum atomic E-state index is -1.51. The molecular formula is C47H88NO8+. The first-order valence-electron chi connectivity index (χ1n) is 23.0. The van der Waals surface area contributed by atoms with Gasteiger partial charge in [-0.1, -0.05) is 147 Å². The molecule has 0 saturated carbocycles. The molecule has 1 N–H and O–H groups in total. The molecule has 0 heterocycles. The number of rotatable bonds is 42. The first-order chi connectivity index (χ1) is 27.1. The Balaban J connectivity index is 4.43. The van der Waals surface area contributed by atoms with Crippen LogP contribution in [0, 0.1) is 0 Å². The Bertz CT molecular complexity index is 976. The van der Waals surface area contributed by atoms with E-state index in [0.717, 1.165) is 64.2 Å². The number of carbonyl (C=O) groups is 3. The Morgan fingerprint density at radius 2 is 0.911 bits per heavy atom. The number of likely N-dealkylation sites (N-methyl/N-ethyl adjacent to an activating group) is 1. The van der Waals surface area contributed by atoms with Crippen molar-refractivity contribution in [3.05, 3.63) is 24.3 Å². The standard InChI is InChI=1S/C47H87NO8/c1-6-8-10-12-14-16-18-20-22-23-24-26-28-30-32-34-36-38-45(50)56-43(42-55-47(46(51)52)53-40-39-48(3,4)5)41-54-44(49)37-35-33-31-29-27-25-21-19-17-15-13-11-9-7-2/h19-22,43,47H,6-18,23-42H2,1-5H3/p+1/b21-19-,22-20-. The van der Waals surface area contributed by atoms with Gasteiger partial charge < -0.3 is 28.5 Å². The molecule has 9 nitrogen and oxygen atoms in total. The second-order valence-electron chi connectivity index (χ2n) is 16.7. The van der Waals surface area contributed by atoms with Crippen LogP contribution in [0.3, 0.4) is 0 Å². The van der Waals surface area contributed by atoms with E-state index < -0.39 is 24.3 Å². The number of hydrogen-bond acceptors (Lipinski definition) is 7. The molecule has 0 radical (unpaired) electrons. The van der Waals surface area contributed by atoms with Crippen LogP contribution in [0.25, 0.3) is 0 Å². The van der Waals surface area contributed by atoms with Crippen molar-refractivity contribution in [2.75, 3.05) is 47.5 Å². The number of nitrogens with zero attached hydrogens (tertiary/aromatic N) is 1. The van der Waals surface area contributed by atoms with Crippen LogP contribution >= 0.6 is 0 Å². The van der Waals surface area contributed by atoms with E-state index in [4.69, 9.17) is 18.9 Å². The van der Waals surface area contributed by atoms with Crippen molar-refractivity contribution in [3.63, 3.8) is 0 Å². The molecule has 0 aromatic carbocycles. The fourth-order valence-corrected chi connectivity index (χ4v) is 6.29. The van der Waals surface area contributed by atoms with Gasteiger partial charge in [-0.3, -0.25) is 9.59 Å². The topological polar surface area (TPSA) is 108 Å². The van der Waals surface area contributed by atoms with Gasteiger partial charge in [0.15, 0.2) is 6.10 Å². The van der Waals surface area contributed by atoms with Gasteiger partial charge in [-0.2, -0.15) is 0 Å². The maximum atomic E-state index is 12.8. The highest BCUT2D eigenvalue weighted by Gasteiger charge is 2.25. The Hall–Kier alpha value is -2.23. The Morgan fingerprint density at radius 1 is 0.518 bits per heavy atom. The van der Waals surface area contributed by atoms with E-state index in [2.05, 4.69) is 38.2 Å². The number of unbranched alkanes of at least 4 members (excludes halogenated alkanes) is 23. The molecule has 0 aromatic rings. The van der Waals surface area contributed by atoms with Crippen LogP contribution in [0.15, 0.2) is 24.3 Å². The van der Waals surface area contributed by atoms with Gasteiger partial charge in [-0.05, 0) is 64.2 Å². The smallest absolute Gasteiger partial charge is 0.361 e. The van der Waals surface area contributed by atoms with Gasteiger partial charge in [0.1, 0.15) is 13.2 Å². The van der Waals surface area contributed by atoms with Crippen LogP contribution < -0.4 is 0 Å². The summed E-state index contributed by atoms with van der Waals surface area (Å²) in [7, 11) is 5.95. The molecule has 0 fully saturated rings. The van der Waals surface area contributed by atoms with E-state index in [-0.39, 0.29) is 32.2 Å². The largest absolute Gasteiger partial charge is 0.477 e. The highest BCUT2D eigenvalue weighted by molar-refractivity contribution is 5.71. The average Bonchev–Trinajstić information content (AvgIpc) is 3.15. The van der Waals surface area contributed by atoms with Crippen LogP contribution in [0.4, 0.5) is 0 Å². The molecule has 56 heavy (non-hydrogen) atoms. The van der Waals surface area contributed by atoms with E-state index in [1.54, 1.807) is 0 Å². The zero-order valence-corrected chi connectivity index (χ0v) is 37.1. The van der Waals surface area contributed by atoms with Gasteiger partial charge in [0, 0.05) is 12.8 Å². The van der Waals surface area contributed by atoms with Crippen molar-refractivity contribution in [1.82, 2.24) is 0 Å². The molecule has 0 amide bonds. The molecule has 0 aromatic heterocycles. The molecule has 0 bridgehead atoms. The summed E-state index contributed by atoms with van der Waals surface area (Å²) < 4.78 is 22.7. The van der Waals surface area contributed by atoms with Crippen LogP contribution in [-0.4, -0.2) is 87.4 Å². The lowest BCUT2D eigenvalue weighted by molar-refractivity contribution is -0.870. The Labute approximate surface area is 344 Å². The van der Waals surface area contributed by atoms with Crippen molar-refractivity contribution in [2.24, 2.45) is 0 Å². The summed E-state index contributed by atoms with van der Waals surface area (Å²) in [4.78, 5) is 37.1. The van der Waals surface area contributed by atoms with Crippen LogP contribution in [0.5, 0.6) is 0 Å². The molecule has 9 heteroatoms. The normalized spacial score (nSPS) is 13.1. The van der Waals surface area contributed by atoms with Crippen molar-refractivity contribution in [1.29, 1.82) is 0 Å². The zero-order chi connectivity index (χ0) is 41.4. The Kier molecular flexibility index (Phi) is 38.0. The summed E-state index contributed by atoms with van der Waals surface area (Å²) in [5.74, 6) is -2.02. The van der Waals surface area contributed by atoms with Gasteiger partial charge in [0.25, 0.3) is 6.29 Å². The molecular weight excluding hydrogens is 707 g/mol. The van der Waals surface area contributed by atoms with Crippen LogP contribution in [0.1, 0.15) is 200 Å². The highest BCUT2D eigenvalue weighted by Crippen LogP contribution is 2.14. The zero-order valence-electron chi connectivity index (χ0n) is 37.1. The quantitative estimate of drug-likeness (QED) is 0.0214. The van der Waals surface area contributed by atoms with E-state index >= 15 is 0 Å². The minimum Gasteiger partial charge on any atom is -0.477 e. The number of carboxylic acids is 1. The van der Waals surface area contributed by atoms with E-state index in [0.29, 0.717) is 23.9 Å². The molecule has 0 saturated heterocycles. The molecule has 0 rings (SSSR count). The number of esters is 2. The summed E-state index contributed by atoms with van der Waals surface area (Å²) in [6.45, 7) is 4.85. The fourth-order valence-electron chi connectivity index (χ4n) is 6.29. The second-order valence-corrected chi connectivity index (χ2v) is 16.7. The number of carbonyl (C=O) groups excluding carboxylic acids is 2.